The number of carbonyl (C=O) groups is 1. The molecule has 1 saturated heterocycles. The summed E-state index contributed by atoms with van der Waals surface area (Å²) in [5, 5.41) is 6.07. The highest BCUT2D eigenvalue weighted by atomic mass is 32.1. The van der Waals surface area contributed by atoms with Crippen LogP contribution in [0.1, 0.15) is 26.2 Å². The average molecular weight is 349 g/mol. The van der Waals surface area contributed by atoms with Crippen molar-refractivity contribution < 1.29 is 9.32 Å². The van der Waals surface area contributed by atoms with Crippen molar-refractivity contribution in [3.05, 3.63) is 17.5 Å². The summed E-state index contributed by atoms with van der Waals surface area (Å²) < 4.78 is 5.35. The van der Waals surface area contributed by atoms with E-state index in [0.29, 0.717) is 11.8 Å². The van der Waals surface area contributed by atoms with Gasteiger partial charge in [0.15, 0.2) is 0 Å². The number of carbonyl (C=O) groups excluding carboxylic acids is 1. The molecule has 0 spiro atoms. The minimum absolute atomic E-state index is 0.168. The molecule has 1 amide bonds. The highest BCUT2D eigenvalue weighted by Gasteiger charge is 2.28. The normalized spacial score (nSPS) is 17.1. The number of hydrogen-bond acceptors (Lipinski definition) is 7. The van der Waals surface area contributed by atoms with Gasteiger partial charge in [-0.25, -0.2) is 0 Å². The molecule has 0 bridgehead atoms. The highest BCUT2D eigenvalue weighted by Crippen LogP contribution is 2.25. The van der Waals surface area contributed by atoms with Crippen molar-refractivity contribution in [2.75, 3.05) is 31.1 Å². The molecule has 130 valence electrons. The van der Waals surface area contributed by atoms with E-state index in [9.17, 15) is 4.79 Å². The van der Waals surface area contributed by atoms with E-state index in [1.54, 1.807) is 11.3 Å². The Labute approximate surface area is 145 Å². The molecule has 2 N–H and O–H groups in total. The van der Waals surface area contributed by atoms with Gasteiger partial charge >= 0.3 is 0 Å². The maximum atomic E-state index is 11.7. The van der Waals surface area contributed by atoms with Gasteiger partial charge < -0.3 is 15.2 Å². The van der Waals surface area contributed by atoms with Crippen molar-refractivity contribution in [1.82, 2.24) is 15.0 Å². The van der Waals surface area contributed by atoms with Crippen LogP contribution in [0.5, 0.6) is 0 Å². The number of anilines is 1. The van der Waals surface area contributed by atoms with Gasteiger partial charge in [0.2, 0.25) is 5.91 Å². The predicted octanol–water partition coefficient (Wildman–Crippen LogP) is 1.96. The third-order valence-electron chi connectivity index (χ3n) is 4.34. The number of nitrogens with zero attached hydrogens (tertiary/aromatic N) is 4. The molecule has 24 heavy (non-hydrogen) atoms. The number of rotatable bonds is 7. The SMILES string of the molecule is CCCCC(C(N)=O)N1CCN(c2noc(-c3cccs3)n2)CC1. The van der Waals surface area contributed by atoms with E-state index in [0.717, 1.165) is 50.3 Å². The minimum atomic E-state index is -0.226. The van der Waals surface area contributed by atoms with E-state index in [1.165, 1.54) is 0 Å². The molecule has 1 fully saturated rings. The van der Waals surface area contributed by atoms with Crippen LogP contribution >= 0.6 is 11.3 Å². The number of thiophene rings is 1. The summed E-state index contributed by atoms with van der Waals surface area (Å²) >= 11 is 1.58. The fraction of sp³-hybridized carbons (Fsp3) is 0.562. The summed E-state index contributed by atoms with van der Waals surface area (Å²) in [6, 6.07) is 3.76. The lowest BCUT2D eigenvalue weighted by Crippen LogP contribution is -2.54. The molecule has 3 heterocycles. The lowest BCUT2D eigenvalue weighted by Gasteiger charge is -2.37. The number of primary amides is 1. The number of aromatic nitrogens is 2. The molecule has 7 nitrogen and oxygen atoms in total. The summed E-state index contributed by atoms with van der Waals surface area (Å²) in [7, 11) is 0. The number of nitrogens with two attached hydrogens (primary N) is 1. The molecule has 1 atom stereocenters. The summed E-state index contributed by atoms with van der Waals surface area (Å²) in [6.07, 6.45) is 2.91. The number of hydrogen-bond donors (Lipinski definition) is 1. The maximum Gasteiger partial charge on any atom is 0.269 e. The topological polar surface area (TPSA) is 88.5 Å². The second kappa shape index (κ2) is 7.76. The van der Waals surface area contributed by atoms with E-state index in [-0.39, 0.29) is 11.9 Å². The molecule has 2 aromatic heterocycles. The zero-order valence-electron chi connectivity index (χ0n) is 13.9. The van der Waals surface area contributed by atoms with Crippen molar-refractivity contribution in [3.8, 4) is 10.8 Å². The van der Waals surface area contributed by atoms with Gasteiger partial charge in [-0.2, -0.15) is 4.98 Å². The van der Waals surface area contributed by atoms with Crippen molar-refractivity contribution in [2.24, 2.45) is 5.73 Å². The molecular weight excluding hydrogens is 326 g/mol. The molecule has 1 aliphatic heterocycles. The molecule has 3 rings (SSSR count). The Morgan fingerprint density at radius 1 is 1.42 bits per heavy atom. The third kappa shape index (κ3) is 3.76. The van der Waals surface area contributed by atoms with Gasteiger partial charge in [-0.15, -0.1) is 11.3 Å². The third-order valence-corrected chi connectivity index (χ3v) is 5.20. The summed E-state index contributed by atoms with van der Waals surface area (Å²) in [6.45, 7) is 5.20. The number of amides is 1. The quantitative estimate of drug-likeness (QED) is 0.822. The Morgan fingerprint density at radius 3 is 2.83 bits per heavy atom. The van der Waals surface area contributed by atoms with E-state index >= 15 is 0 Å². The standard InChI is InChI=1S/C16H23N5O2S/c1-2-3-5-12(14(17)22)20-7-9-21(10-8-20)16-18-15(23-19-16)13-6-4-11-24-13/h4,6,11-12H,2-3,5,7-10H2,1H3,(H2,17,22). The molecule has 1 unspecified atom stereocenters. The predicted molar refractivity (Wildman–Crippen MR) is 93.9 cm³/mol. The first-order chi connectivity index (χ1) is 11.7. The first kappa shape index (κ1) is 16.9. The average Bonchev–Trinajstić information content (AvgIpc) is 3.27. The number of unbranched alkanes of at least 4 members (excludes halogenated alkanes) is 1. The second-order valence-corrected chi connectivity index (χ2v) is 6.91. The van der Waals surface area contributed by atoms with Crippen LogP contribution in [-0.4, -0.2) is 53.2 Å². The van der Waals surface area contributed by atoms with Crippen molar-refractivity contribution in [3.63, 3.8) is 0 Å². The van der Waals surface area contributed by atoms with Crippen LogP contribution < -0.4 is 10.6 Å². The fourth-order valence-corrected chi connectivity index (χ4v) is 3.62. The van der Waals surface area contributed by atoms with Gasteiger partial charge in [-0.1, -0.05) is 25.8 Å². The van der Waals surface area contributed by atoms with E-state index in [2.05, 4.69) is 26.9 Å². The van der Waals surface area contributed by atoms with Crippen LogP contribution in [0.25, 0.3) is 10.8 Å². The van der Waals surface area contributed by atoms with Crippen molar-refractivity contribution in [1.29, 1.82) is 0 Å². The van der Waals surface area contributed by atoms with E-state index < -0.39 is 0 Å². The van der Waals surface area contributed by atoms with Crippen LogP contribution in [0.4, 0.5) is 5.95 Å². The molecular formula is C16H23N5O2S. The van der Waals surface area contributed by atoms with Gasteiger partial charge in [0.1, 0.15) is 0 Å². The Balaban J connectivity index is 1.59. The van der Waals surface area contributed by atoms with Gasteiger partial charge in [0, 0.05) is 26.2 Å². The van der Waals surface area contributed by atoms with E-state index in [4.69, 9.17) is 10.3 Å². The molecule has 0 aliphatic carbocycles. The van der Waals surface area contributed by atoms with Gasteiger partial charge in [-0.3, -0.25) is 9.69 Å². The summed E-state index contributed by atoms with van der Waals surface area (Å²) in [4.78, 5) is 21.4. The van der Waals surface area contributed by atoms with Crippen LogP contribution in [0, 0.1) is 0 Å². The molecule has 0 saturated carbocycles. The van der Waals surface area contributed by atoms with Gasteiger partial charge in [0.05, 0.1) is 10.9 Å². The van der Waals surface area contributed by atoms with Gasteiger partial charge in [-0.05, 0) is 23.0 Å². The summed E-state index contributed by atoms with van der Waals surface area (Å²) in [5.41, 5.74) is 5.58. The van der Waals surface area contributed by atoms with Crippen molar-refractivity contribution >= 4 is 23.2 Å². The smallest absolute Gasteiger partial charge is 0.269 e. The Morgan fingerprint density at radius 2 is 2.21 bits per heavy atom. The fourth-order valence-electron chi connectivity index (χ4n) is 2.98. The molecule has 2 aromatic rings. The highest BCUT2D eigenvalue weighted by molar-refractivity contribution is 7.13. The minimum Gasteiger partial charge on any atom is -0.368 e. The maximum absolute atomic E-state index is 11.7. The Bertz CT molecular complexity index is 649. The molecule has 0 aromatic carbocycles. The lowest BCUT2D eigenvalue weighted by molar-refractivity contribution is -0.123. The summed E-state index contributed by atoms with van der Waals surface area (Å²) in [5.74, 6) is 0.944. The van der Waals surface area contributed by atoms with Crippen LogP contribution in [0.3, 0.4) is 0 Å². The monoisotopic (exact) mass is 349 g/mol. The Kier molecular flexibility index (Phi) is 5.47. The first-order valence-electron chi connectivity index (χ1n) is 8.35. The van der Waals surface area contributed by atoms with E-state index in [1.807, 2.05) is 17.5 Å². The first-order valence-corrected chi connectivity index (χ1v) is 9.23. The van der Waals surface area contributed by atoms with Crippen molar-refractivity contribution in [2.45, 2.75) is 32.2 Å². The van der Waals surface area contributed by atoms with Crippen LogP contribution in [-0.2, 0) is 4.79 Å². The molecule has 1 aliphatic rings. The van der Waals surface area contributed by atoms with Crippen LogP contribution in [0.15, 0.2) is 22.0 Å². The van der Waals surface area contributed by atoms with Crippen LogP contribution in [0.2, 0.25) is 0 Å². The van der Waals surface area contributed by atoms with Gasteiger partial charge in [0.25, 0.3) is 11.8 Å². The molecule has 0 radical (unpaired) electrons. The second-order valence-electron chi connectivity index (χ2n) is 5.96. The lowest BCUT2D eigenvalue weighted by atomic mass is 10.1. The zero-order chi connectivity index (χ0) is 16.9. The molecule has 8 heteroatoms. The largest absolute Gasteiger partial charge is 0.368 e. The number of piperazine rings is 1. The Hall–Kier alpha value is -1.93. The zero-order valence-corrected chi connectivity index (χ0v) is 14.7.